The summed E-state index contributed by atoms with van der Waals surface area (Å²) < 4.78 is 0. The van der Waals surface area contributed by atoms with Crippen molar-refractivity contribution < 1.29 is 9.90 Å². The Hall–Kier alpha value is -0.610. The molecule has 0 aromatic heterocycles. The van der Waals surface area contributed by atoms with Gasteiger partial charge in [-0.25, -0.2) is 0 Å². The molecule has 2 saturated heterocycles. The van der Waals surface area contributed by atoms with Gasteiger partial charge in [0, 0.05) is 19.6 Å². The van der Waals surface area contributed by atoms with Gasteiger partial charge in [0.1, 0.15) is 0 Å². The molecule has 2 aliphatic heterocycles. The lowest BCUT2D eigenvalue weighted by molar-refractivity contribution is -0.134. The predicted molar refractivity (Wildman–Crippen MR) is 62.1 cm³/mol. The van der Waals surface area contributed by atoms with Crippen molar-refractivity contribution in [3.63, 3.8) is 0 Å². The topological polar surface area (TPSA) is 43.8 Å². The Morgan fingerprint density at radius 3 is 2.56 bits per heavy atom. The number of aliphatic hydroxyl groups is 1. The number of amides is 1. The van der Waals surface area contributed by atoms with Crippen molar-refractivity contribution in [2.45, 2.75) is 38.2 Å². The van der Waals surface area contributed by atoms with E-state index in [9.17, 15) is 9.90 Å². The van der Waals surface area contributed by atoms with Crippen molar-refractivity contribution in [1.82, 2.24) is 9.80 Å². The zero-order valence-electron chi connectivity index (χ0n) is 9.90. The van der Waals surface area contributed by atoms with Crippen molar-refractivity contribution in [3.05, 3.63) is 0 Å². The first-order valence-corrected chi connectivity index (χ1v) is 6.44. The Morgan fingerprint density at radius 1 is 1.12 bits per heavy atom. The molecule has 1 amide bonds. The van der Waals surface area contributed by atoms with E-state index >= 15 is 0 Å². The van der Waals surface area contributed by atoms with Crippen LogP contribution in [0.15, 0.2) is 0 Å². The smallest absolute Gasteiger partial charge is 0.236 e. The molecule has 2 heterocycles. The van der Waals surface area contributed by atoms with Gasteiger partial charge < -0.3 is 10.0 Å². The van der Waals surface area contributed by atoms with Gasteiger partial charge in [-0.3, -0.25) is 9.69 Å². The SMILES string of the molecule is O=C(CN1CCC[C@H](O)C1)N1CCCCC1. The monoisotopic (exact) mass is 226 g/mol. The Balaban J connectivity index is 1.77. The van der Waals surface area contributed by atoms with Crippen molar-refractivity contribution in [3.8, 4) is 0 Å². The number of hydrogen-bond donors (Lipinski definition) is 1. The van der Waals surface area contributed by atoms with Gasteiger partial charge in [-0.2, -0.15) is 0 Å². The summed E-state index contributed by atoms with van der Waals surface area (Å²) in [6.45, 7) is 3.97. The van der Waals surface area contributed by atoms with Crippen LogP contribution in [0.2, 0.25) is 0 Å². The minimum Gasteiger partial charge on any atom is -0.392 e. The fraction of sp³-hybridized carbons (Fsp3) is 0.917. The van der Waals surface area contributed by atoms with E-state index in [0.29, 0.717) is 13.1 Å². The Bertz CT molecular complexity index is 239. The number of carbonyl (C=O) groups is 1. The fourth-order valence-corrected chi connectivity index (χ4v) is 2.61. The largest absolute Gasteiger partial charge is 0.392 e. The van der Waals surface area contributed by atoms with Crippen molar-refractivity contribution in [2.24, 2.45) is 0 Å². The summed E-state index contributed by atoms with van der Waals surface area (Å²) in [4.78, 5) is 16.0. The van der Waals surface area contributed by atoms with E-state index < -0.39 is 0 Å². The molecular weight excluding hydrogens is 204 g/mol. The van der Waals surface area contributed by atoms with E-state index in [0.717, 1.165) is 45.3 Å². The van der Waals surface area contributed by atoms with Crippen LogP contribution < -0.4 is 0 Å². The van der Waals surface area contributed by atoms with E-state index in [4.69, 9.17) is 0 Å². The lowest BCUT2D eigenvalue weighted by Crippen LogP contribution is -2.46. The Kier molecular flexibility index (Phi) is 4.18. The number of rotatable bonds is 2. The standard InChI is InChI=1S/C12H22N2O2/c15-11-5-4-6-13(9-11)10-12(16)14-7-2-1-3-8-14/h11,15H,1-10H2/t11-/m0/s1. The van der Waals surface area contributed by atoms with Crippen LogP contribution in [-0.2, 0) is 4.79 Å². The molecule has 2 rings (SSSR count). The maximum atomic E-state index is 12.0. The second-order valence-corrected chi connectivity index (χ2v) is 4.97. The molecule has 0 unspecified atom stereocenters. The zero-order chi connectivity index (χ0) is 11.4. The molecule has 0 aromatic rings. The average molecular weight is 226 g/mol. The third-order valence-electron chi connectivity index (χ3n) is 3.55. The lowest BCUT2D eigenvalue weighted by atomic mass is 10.1. The fourth-order valence-electron chi connectivity index (χ4n) is 2.61. The number of aliphatic hydroxyl groups excluding tert-OH is 1. The third-order valence-corrected chi connectivity index (χ3v) is 3.55. The lowest BCUT2D eigenvalue weighted by Gasteiger charge is -2.33. The molecule has 4 nitrogen and oxygen atoms in total. The number of carbonyl (C=O) groups excluding carboxylic acids is 1. The summed E-state index contributed by atoms with van der Waals surface area (Å²) in [5.41, 5.74) is 0. The molecule has 2 aliphatic rings. The number of nitrogens with zero attached hydrogens (tertiary/aromatic N) is 2. The van der Waals surface area contributed by atoms with Gasteiger partial charge in [0.2, 0.25) is 5.91 Å². The normalized spacial score (nSPS) is 28.1. The van der Waals surface area contributed by atoms with Crippen LogP contribution in [0.1, 0.15) is 32.1 Å². The number of piperidine rings is 2. The average Bonchev–Trinajstić information content (AvgIpc) is 2.30. The van der Waals surface area contributed by atoms with Crippen molar-refractivity contribution in [2.75, 3.05) is 32.7 Å². The Labute approximate surface area is 97.2 Å². The molecule has 4 heteroatoms. The molecule has 92 valence electrons. The highest BCUT2D eigenvalue weighted by Crippen LogP contribution is 2.12. The van der Waals surface area contributed by atoms with E-state index in [-0.39, 0.29) is 12.0 Å². The van der Waals surface area contributed by atoms with Crippen molar-refractivity contribution >= 4 is 5.91 Å². The molecule has 0 aromatic carbocycles. The van der Waals surface area contributed by atoms with Crippen LogP contribution in [-0.4, -0.2) is 59.6 Å². The third kappa shape index (κ3) is 3.19. The molecule has 1 N–H and O–H groups in total. The van der Waals surface area contributed by atoms with Crippen LogP contribution in [0.4, 0.5) is 0 Å². The van der Waals surface area contributed by atoms with E-state index in [1.807, 2.05) is 4.90 Å². The zero-order valence-corrected chi connectivity index (χ0v) is 9.90. The molecule has 2 fully saturated rings. The molecular formula is C12H22N2O2. The highest BCUT2D eigenvalue weighted by atomic mass is 16.3. The van der Waals surface area contributed by atoms with Gasteiger partial charge in [-0.1, -0.05) is 0 Å². The van der Waals surface area contributed by atoms with Crippen molar-refractivity contribution in [1.29, 1.82) is 0 Å². The van der Waals surface area contributed by atoms with E-state index in [2.05, 4.69) is 4.90 Å². The van der Waals surface area contributed by atoms with Gasteiger partial charge in [0.05, 0.1) is 12.6 Å². The van der Waals surface area contributed by atoms with E-state index in [1.165, 1.54) is 6.42 Å². The highest BCUT2D eigenvalue weighted by molar-refractivity contribution is 5.78. The second-order valence-electron chi connectivity index (χ2n) is 4.97. The summed E-state index contributed by atoms with van der Waals surface area (Å²) in [5.74, 6) is 0.244. The molecule has 0 bridgehead atoms. The van der Waals surface area contributed by atoms with Gasteiger partial charge in [0.15, 0.2) is 0 Å². The molecule has 0 spiro atoms. The predicted octanol–water partition coefficient (Wildman–Crippen LogP) is 0.456. The maximum Gasteiger partial charge on any atom is 0.236 e. The molecule has 16 heavy (non-hydrogen) atoms. The first kappa shape index (κ1) is 11.9. The summed E-state index contributed by atoms with van der Waals surface area (Å²) in [7, 11) is 0. The molecule has 0 aliphatic carbocycles. The first-order valence-electron chi connectivity index (χ1n) is 6.44. The number of likely N-dealkylation sites (tertiary alicyclic amines) is 2. The summed E-state index contributed by atoms with van der Waals surface area (Å²) >= 11 is 0. The number of hydrogen-bond acceptors (Lipinski definition) is 3. The van der Waals surface area contributed by atoms with Gasteiger partial charge in [-0.15, -0.1) is 0 Å². The Morgan fingerprint density at radius 2 is 1.88 bits per heavy atom. The van der Waals surface area contributed by atoms with Crippen LogP contribution in [0.25, 0.3) is 0 Å². The van der Waals surface area contributed by atoms with Crippen LogP contribution in [0.5, 0.6) is 0 Å². The van der Waals surface area contributed by atoms with Gasteiger partial charge in [-0.05, 0) is 38.6 Å². The van der Waals surface area contributed by atoms with Crippen LogP contribution in [0.3, 0.4) is 0 Å². The summed E-state index contributed by atoms with van der Waals surface area (Å²) in [6, 6.07) is 0. The molecule has 0 saturated carbocycles. The first-order chi connectivity index (χ1) is 7.75. The molecule has 0 radical (unpaired) electrons. The minimum atomic E-state index is -0.233. The van der Waals surface area contributed by atoms with Gasteiger partial charge in [0.25, 0.3) is 0 Å². The molecule has 1 atom stereocenters. The second kappa shape index (κ2) is 5.64. The van der Waals surface area contributed by atoms with Gasteiger partial charge >= 0.3 is 0 Å². The highest BCUT2D eigenvalue weighted by Gasteiger charge is 2.23. The summed E-state index contributed by atoms with van der Waals surface area (Å²) in [5, 5.41) is 9.54. The van der Waals surface area contributed by atoms with E-state index in [1.54, 1.807) is 0 Å². The summed E-state index contributed by atoms with van der Waals surface area (Å²) in [6.07, 6.45) is 5.21. The number of β-amino-alcohol motifs (C(OH)–C–C–N with tert-alkyl or cyclic N) is 1. The van der Waals surface area contributed by atoms with Crippen LogP contribution >= 0.6 is 0 Å². The minimum absolute atomic E-state index is 0.233. The van der Waals surface area contributed by atoms with Crippen LogP contribution in [0, 0.1) is 0 Å². The maximum absolute atomic E-state index is 12.0. The quantitative estimate of drug-likeness (QED) is 0.744.